The van der Waals surface area contributed by atoms with Crippen LogP contribution in [0.2, 0.25) is 0 Å². The van der Waals surface area contributed by atoms with Gasteiger partial charge in [-0.05, 0) is 30.8 Å². The van der Waals surface area contributed by atoms with Crippen molar-refractivity contribution in [3.05, 3.63) is 71.3 Å². The van der Waals surface area contributed by atoms with Crippen LogP contribution in [0.25, 0.3) is 0 Å². The van der Waals surface area contributed by atoms with Crippen LogP contribution in [0.4, 0.5) is 0 Å². The van der Waals surface area contributed by atoms with E-state index < -0.39 is 0 Å². The van der Waals surface area contributed by atoms with E-state index in [1.807, 2.05) is 37.2 Å². The zero-order valence-electron chi connectivity index (χ0n) is 15.6. The van der Waals surface area contributed by atoms with Crippen LogP contribution >= 0.6 is 24.0 Å². The van der Waals surface area contributed by atoms with Gasteiger partial charge >= 0.3 is 0 Å². The lowest BCUT2D eigenvalue weighted by atomic mass is 10.1. The van der Waals surface area contributed by atoms with Crippen LogP contribution in [-0.2, 0) is 19.6 Å². The van der Waals surface area contributed by atoms with Crippen LogP contribution in [0.3, 0.4) is 0 Å². The lowest BCUT2D eigenvalue weighted by Crippen LogP contribution is -2.36. The van der Waals surface area contributed by atoms with Gasteiger partial charge in [-0.1, -0.05) is 54.6 Å². The van der Waals surface area contributed by atoms with Gasteiger partial charge in [0.15, 0.2) is 5.96 Å². The number of hydrogen-bond donors (Lipinski definition) is 1. The Hall–Kier alpha value is -1.60. The molecule has 5 heteroatoms. The van der Waals surface area contributed by atoms with E-state index in [-0.39, 0.29) is 24.0 Å². The molecule has 2 rings (SSSR count). The van der Waals surface area contributed by atoms with E-state index in [9.17, 15) is 0 Å². The molecule has 0 bridgehead atoms. The summed E-state index contributed by atoms with van der Waals surface area (Å²) < 4.78 is 0. The SMILES string of the molecule is CN(C)Cc1ccccc1CNC(=NCc1ccccc1)N(C)C.I. The van der Waals surface area contributed by atoms with Crippen LogP contribution in [0.5, 0.6) is 0 Å². The minimum atomic E-state index is 0. The highest BCUT2D eigenvalue weighted by molar-refractivity contribution is 14.0. The summed E-state index contributed by atoms with van der Waals surface area (Å²) in [6.07, 6.45) is 0. The van der Waals surface area contributed by atoms with E-state index in [0.717, 1.165) is 19.0 Å². The number of guanidine groups is 1. The van der Waals surface area contributed by atoms with E-state index >= 15 is 0 Å². The summed E-state index contributed by atoms with van der Waals surface area (Å²) in [6.45, 7) is 2.40. The molecule has 136 valence electrons. The predicted octanol–water partition coefficient (Wildman–Crippen LogP) is 3.57. The quantitative estimate of drug-likeness (QED) is 0.413. The minimum absolute atomic E-state index is 0. The Morgan fingerprint density at radius 3 is 2.08 bits per heavy atom. The van der Waals surface area contributed by atoms with Crippen molar-refractivity contribution in [2.24, 2.45) is 4.99 Å². The first kappa shape index (κ1) is 21.4. The standard InChI is InChI=1S/C20H28N4.HI/c1-23(2)16-19-13-9-8-12-18(19)15-22-20(24(3)4)21-14-17-10-6-5-7-11-17;/h5-13H,14-16H2,1-4H3,(H,21,22);1H. The number of benzene rings is 2. The molecule has 0 aliphatic rings. The maximum Gasteiger partial charge on any atom is 0.194 e. The van der Waals surface area contributed by atoms with Gasteiger partial charge in [0.2, 0.25) is 0 Å². The highest BCUT2D eigenvalue weighted by atomic mass is 127. The van der Waals surface area contributed by atoms with Crippen molar-refractivity contribution in [2.45, 2.75) is 19.6 Å². The van der Waals surface area contributed by atoms with Gasteiger partial charge in [0.1, 0.15) is 0 Å². The fraction of sp³-hybridized carbons (Fsp3) is 0.350. The Morgan fingerprint density at radius 1 is 0.880 bits per heavy atom. The maximum absolute atomic E-state index is 4.72. The summed E-state index contributed by atoms with van der Waals surface area (Å²) in [4.78, 5) is 8.94. The van der Waals surface area contributed by atoms with Gasteiger partial charge < -0.3 is 15.1 Å². The van der Waals surface area contributed by atoms with Crippen molar-refractivity contribution in [3.8, 4) is 0 Å². The number of aliphatic imine (C=N–C) groups is 1. The average Bonchev–Trinajstić information content (AvgIpc) is 2.56. The van der Waals surface area contributed by atoms with Crippen LogP contribution in [0, 0.1) is 0 Å². The molecule has 0 aromatic heterocycles. The molecule has 2 aromatic carbocycles. The Morgan fingerprint density at radius 2 is 1.48 bits per heavy atom. The third-order valence-electron chi connectivity index (χ3n) is 3.72. The zero-order valence-corrected chi connectivity index (χ0v) is 17.9. The predicted molar refractivity (Wildman–Crippen MR) is 117 cm³/mol. The fourth-order valence-corrected chi connectivity index (χ4v) is 2.50. The van der Waals surface area contributed by atoms with Gasteiger partial charge in [0, 0.05) is 27.2 Å². The summed E-state index contributed by atoms with van der Waals surface area (Å²) in [5, 5.41) is 3.48. The van der Waals surface area contributed by atoms with Crippen molar-refractivity contribution in [1.29, 1.82) is 0 Å². The molecule has 0 saturated heterocycles. The van der Waals surface area contributed by atoms with Gasteiger partial charge in [-0.2, -0.15) is 0 Å². The van der Waals surface area contributed by atoms with Crippen molar-refractivity contribution in [3.63, 3.8) is 0 Å². The first-order valence-corrected chi connectivity index (χ1v) is 8.27. The summed E-state index contributed by atoms with van der Waals surface area (Å²) >= 11 is 0. The molecule has 0 heterocycles. The number of nitrogens with one attached hydrogen (secondary N) is 1. The van der Waals surface area contributed by atoms with Crippen molar-refractivity contribution < 1.29 is 0 Å². The maximum atomic E-state index is 4.72. The zero-order chi connectivity index (χ0) is 17.4. The lowest BCUT2D eigenvalue weighted by molar-refractivity contribution is 0.400. The van der Waals surface area contributed by atoms with Crippen LogP contribution in [0.1, 0.15) is 16.7 Å². The second-order valence-corrected chi connectivity index (χ2v) is 6.38. The summed E-state index contributed by atoms with van der Waals surface area (Å²) in [5.41, 5.74) is 3.86. The Balaban J connectivity index is 0.00000312. The first-order valence-electron chi connectivity index (χ1n) is 8.27. The van der Waals surface area contributed by atoms with Gasteiger partial charge in [-0.25, -0.2) is 4.99 Å². The number of rotatable bonds is 6. The van der Waals surface area contributed by atoms with Crippen molar-refractivity contribution in [2.75, 3.05) is 28.2 Å². The normalized spacial score (nSPS) is 11.2. The highest BCUT2D eigenvalue weighted by Crippen LogP contribution is 2.10. The number of hydrogen-bond acceptors (Lipinski definition) is 2. The largest absolute Gasteiger partial charge is 0.352 e. The molecule has 2 aromatic rings. The summed E-state index contributed by atoms with van der Waals surface area (Å²) in [7, 11) is 8.22. The second-order valence-electron chi connectivity index (χ2n) is 6.38. The molecule has 1 N–H and O–H groups in total. The molecule has 0 unspecified atom stereocenters. The van der Waals surface area contributed by atoms with E-state index in [4.69, 9.17) is 4.99 Å². The lowest BCUT2D eigenvalue weighted by Gasteiger charge is -2.20. The monoisotopic (exact) mass is 452 g/mol. The Bertz CT molecular complexity index is 654. The highest BCUT2D eigenvalue weighted by Gasteiger charge is 2.06. The topological polar surface area (TPSA) is 30.9 Å². The van der Waals surface area contributed by atoms with Gasteiger partial charge in [0.05, 0.1) is 6.54 Å². The smallest absolute Gasteiger partial charge is 0.194 e. The van der Waals surface area contributed by atoms with Crippen molar-refractivity contribution >= 4 is 29.9 Å². The Labute approximate surface area is 169 Å². The third-order valence-corrected chi connectivity index (χ3v) is 3.72. The Kier molecular flexibility index (Phi) is 9.52. The van der Waals surface area contributed by atoms with Crippen LogP contribution in [0.15, 0.2) is 59.6 Å². The van der Waals surface area contributed by atoms with E-state index in [2.05, 4.69) is 60.7 Å². The number of nitrogens with zero attached hydrogens (tertiary/aromatic N) is 3. The van der Waals surface area contributed by atoms with Gasteiger partial charge in [-0.3, -0.25) is 0 Å². The second kappa shape index (κ2) is 11.1. The van der Waals surface area contributed by atoms with Crippen LogP contribution < -0.4 is 5.32 Å². The fourth-order valence-electron chi connectivity index (χ4n) is 2.50. The number of halogens is 1. The van der Waals surface area contributed by atoms with E-state index in [0.29, 0.717) is 6.54 Å². The molecule has 0 atom stereocenters. The molecule has 0 radical (unpaired) electrons. The van der Waals surface area contributed by atoms with Gasteiger partial charge in [-0.15, -0.1) is 24.0 Å². The molecule has 0 fully saturated rings. The van der Waals surface area contributed by atoms with Crippen molar-refractivity contribution in [1.82, 2.24) is 15.1 Å². The van der Waals surface area contributed by atoms with E-state index in [1.54, 1.807) is 0 Å². The molecule has 0 saturated carbocycles. The molecule has 4 nitrogen and oxygen atoms in total. The first-order chi connectivity index (χ1) is 11.6. The molecule has 25 heavy (non-hydrogen) atoms. The molecule has 0 aliphatic heterocycles. The third kappa shape index (κ3) is 7.44. The van der Waals surface area contributed by atoms with Crippen LogP contribution in [-0.4, -0.2) is 44.0 Å². The summed E-state index contributed by atoms with van der Waals surface area (Å²) in [5.74, 6) is 0.901. The molecule has 0 spiro atoms. The molecular formula is C20H29IN4. The van der Waals surface area contributed by atoms with Gasteiger partial charge in [0.25, 0.3) is 0 Å². The minimum Gasteiger partial charge on any atom is -0.352 e. The molecule has 0 amide bonds. The molecular weight excluding hydrogens is 423 g/mol. The van der Waals surface area contributed by atoms with E-state index in [1.165, 1.54) is 16.7 Å². The molecule has 0 aliphatic carbocycles. The average molecular weight is 452 g/mol. The summed E-state index contributed by atoms with van der Waals surface area (Å²) in [6, 6.07) is 18.9.